The molecule has 0 unspecified atom stereocenters. The Morgan fingerprint density at radius 2 is 1.74 bits per heavy atom. The van der Waals surface area contributed by atoms with E-state index in [0.29, 0.717) is 19.4 Å². The standard InChI is InChI=1S/C33H52O13/c1-21(35)43-31-22(16-28(37)40-4)8-6-11-27(20-34)45-29(38)18-23(36)17-24-9-7-10-25(44-24)19-26-13-15-42-30(46-26)12-14-32(2,3)33(31,39)41-5/h12,14,16,23-27,30-31,34,36,39H,6-11,13,15,17-20H2,1-5H3/b14-12+,22-16+/t23-,24+,25-,26+,27-,30+,31+,33-/m1/s1. The number of carbonyl (C=O) groups is 3. The lowest BCUT2D eigenvalue weighted by Gasteiger charge is -2.45. The van der Waals surface area contributed by atoms with Crippen LogP contribution in [0, 0.1) is 5.41 Å². The molecular formula is C33H52O13. The van der Waals surface area contributed by atoms with Crippen LogP contribution >= 0.6 is 0 Å². The minimum Gasteiger partial charge on any atom is -0.466 e. The monoisotopic (exact) mass is 656 g/mol. The highest BCUT2D eigenvalue weighted by Gasteiger charge is 2.52. The van der Waals surface area contributed by atoms with Crippen molar-refractivity contribution in [2.24, 2.45) is 5.41 Å². The van der Waals surface area contributed by atoms with Gasteiger partial charge < -0.3 is 48.5 Å². The summed E-state index contributed by atoms with van der Waals surface area (Å²) in [4.78, 5) is 37.5. The van der Waals surface area contributed by atoms with E-state index < -0.39 is 60.3 Å². The van der Waals surface area contributed by atoms with Crippen LogP contribution in [0.3, 0.4) is 0 Å². The second kappa shape index (κ2) is 17.7. The molecule has 0 aromatic carbocycles. The number of carbonyl (C=O) groups excluding carboxylic acids is 3. The third-order valence-electron chi connectivity index (χ3n) is 8.83. The van der Waals surface area contributed by atoms with Gasteiger partial charge in [-0.25, -0.2) is 4.79 Å². The predicted molar refractivity (Wildman–Crippen MR) is 163 cm³/mol. The Hall–Kier alpha value is -2.39. The van der Waals surface area contributed by atoms with Gasteiger partial charge in [-0.05, 0) is 63.0 Å². The fourth-order valence-electron chi connectivity index (χ4n) is 6.25. The number of cyclic esters (lactones) is 1. The van der Waals surface area contributed by atoms with Crippen LogP contribution in [0.1, 0.15) is 85.0 Å². The molecule has 2 fully saturated rings. The van der Waals surface area contributed by atoms with Crippen molar-refractivity contribution in [3.63, 3.8) is 0 Å². The van der Waals surface area contributed by atoms with Gasteiger partial charge in [0.15, 0.2) is 12.4 Å². The van der Waals surface area contributed by atoms with Gasteiger partial charge >= 0.3 is 17.9 Å². The van der Waals surface area contributed by atoms with Gasteiger partial charge in [0.25, 0.3) is 0 Å². The van der Waals surface area contributed by atoms with E-state index in [4.69, 9.17) is 33.2 Å². The molecule has 3 heterocycles. The summed E-state index contributed by atoms with van der Waals surface area (Å²) in [7, 11) is 2.46. The molecule has 0 saturated carbocycles. The number of hydrogen-bond donors (Lipinski definition) is 3. The molecule has 262 valence electrons. The van der Waals surface area contributed by atoms with E-state index in [2.05, 4.69) is 0 Å². The summed E-state index contributed by atoms with van der Waals surface area (Å²) in [6, 6.07) is 0. The fraction of sp³-hybridized carbons (Fsp3) is 0.788. The van der Waals surface area contributed by atoms with Crippen LogP contribution in [0.5, 0.6) is 0 Å². The zero-order valence-corrected chi connectivity index (χ0v) is 27.7. The van der Waals surface area contributed by atoms with E-state index in [1.165, 1.54) is 21.1 Å². The molecular weight excluding hydrogens is 604 g/mol. The maximum absolute atomic E-state index is 12.7. The minimum absolute atomic E-state index is 0.0753. The Labute approximate surface area is 271 Å². The Morgan fingerprint density at radius 1 is 1.04 bits per heavy atom. The van der Waals surface area contributed by atoms with Crippen LogP contribution in [0.2, 0.25) is 0 Å². The number of ether oxygens (including phenoxy) is 7. The molecule has 0 aliphatic carbocycles. The van der Waals surface area contributed by atoms with Crippen molar-refractivity contribution in [3.8, 4) is 0 Å². The van der Waals surface area contributed by atoms with Crippen molar-refractivity contribution in [2.45, 2.75) is 134 Å². The SMILES string of the molecule is COC(=O)/C=C1\CCC[C@H](CO)OC(=O)C[C@H](O)C[C@@H]2CCC[C@H](C[C@@H]3CCO[C@H](/C=C/C(C)(C)[C@](O)(OC)[C@H]1OC(C)=O)O3)O2. The highest BCUT2D eigenvalue weighted by Crippen LogP contribution is 2.41. The average Bonchev–Trinajstić information content (AvgIpc) is 3.00. The first kappa shape index (κ1) is 38.1. The number of aliphatic hydroxyl groups is 3. The zero-order valence-electron chi connectivity index (χ0n) is 27.7. The molecule has 13 nitrogen and oxygen atoms in total. The largest absolute Gasteiger partial charge is 0.466 e. The number of fused-ring (bicyclic) bond motifs is 4. The Balaban J connectivity index is 1.98. The summed E-state index contributed by atoms with van der Waals surface area (Å²) in [5.41, 5.74) is -1.05. The van der Waals surface area contributed by atoms with Gasteiger partial charge in [0.2, 0.25) is 5.79 Å². The highest BCUT2D eigenvalue weighted by atomic mass is 16.7. The molecule has 2 saturated heterocycles. The van der Waals surface area contributed by atoms with Gasteiger partial charge in [0.1, 0.15) is 6.10 Å². The number of methoxy groups -OCH3 is 2. The first-order valence-electron chi connectivity index (χ1n) is 16.1. The molecule has 0 spiro atoms. The predicted octanol–water partition coefficient (Wildman–Crippen LogP) is 2.62. The number of hydrogen-bond acceptors (Lipinski definition) is 13. The fourth-order valence-corrected chi connectivity index (χ4v) is 6.25. The van der Waals surface area contributed by atoms with Gasteiger partial charge in [-0.2, -0.15) is 0 Å². The van der Waals surface area contributed by atoms with Crippen LogP contribution < -0.4 is 0 Å². The van der Waals surface area contributed by atoms with Gasteiger partial charge in [-0.1, -0.05) is 19.9 Å². The van der Waals surface area contributed by atoms with Gasteiger partial charge in [0, 0.05) is 31.9 Å². The van der Waals surface area contributed by atoms with Crippen LogP contribution in [0.15, 0.2) is 23.8 Å². The molecule has 3 aliphatic rings. The van der Waals surface area contributed by atoms with Crippen LogP contribution in [-0.2, 0) is 47.5 Å². The van der Waals surface area contributed by atoms with E-state index in [0.717, 1.165) is 25.3 Å². The molecule has 8 atom stereocenters. The molecule has 0 amide bonds. The van der Waals surface area contributed by atoms with Crippen LogP contribution in [0.25, 0.3) is 0 Å². The van der Waals surface area contributed by atoms with Gasteiger partial charge in [-0.15, -0.1) is 0 Å². The van der Waals surface area contributed by atoms with Crippen molar-refractivity contribution in [1.82, 2.24) is 0 Å². The molecule has 0 radical (unpaired) electrons. The Kier molecular flexibility index (Phi) is 14.6. The molecule has 0 aromatic rings. The third-order valence-corrected chi connectivity index (χ3v) is 8.83. The molecule has 46 heavy (non-hydrogen) atoms. The molecule has 3 N–H and O–H groups in total. The smallest absolute Gasteiger partial charge is 0.330 e. The lowest BCUT2D eigenvalue weighted by atomic mass is 9.76. The summed E-state index contributed by atoms with van der Waals surface area (Å²) >= 11 is 0. The van der Waals surface area contributed by atoms with E-state index in [1.807, 2.05) is 0 Å². The summed E-state index contributed by atoms with van der Waals surface area (Å²) in [5, 5.41) is 32.7. The van der Waals surface area contributed by atoms with Crippen molar-refractivity contribution in [3.05, 3.63) is 23.8 Å². The summed E-state index contributed by atoms with van der Waals surface area (Å²) in [5.74, 6) is -4.33. The number of rotatable bonds is 4. The normalized spacial score (nSPS) is 36.7. The van der Waals surface area contributed by atoms with Crippen molar-refractivity contribution in [1.29, 1.82) is 0 Å². The van der Waals surface area contributed by atoms with E-state index in [-0.39, 0.29) is 56.0 Å². The summed E-state index contributed by atoms with van der Waals surface area (Å²) in [6.07, 6.45) is 4.33. The third kappa shape index (κ3) is 10.8. The minimum atomic E-state index is -2.19. The lowest BCUT2D eigenvalue weighted by Crippen LogP contribution is -2.57. The molecule has 13 heteroatoms. The van der Waals surface area contributed by atoms with Crippen LogP contribution in [0.4, 0.5) is 0 Å². The highest BCUT2D eigenvalue weighted by molar-refractivity contribution is 5.83. The second-order valence-electron chi connectivity index (χ2n) is 12.8. The Morgan fingerprint density at radius 3 is 2.39 bits per heavy atom. The zero-order chi connectivity index (χ0) is 33.9. The second-order valence-corrected chi connectivity index (χ2v) is 12.8. The summed E-state index contributed by atoms with van der Waals surface area (Å²) < 4.78 is 39.9. The van der Waals surface area contributed by atoms with E-state index in [1.54, 1.807) is 26.0 Å². The van der Waals surface area contributed by atoms with Gasteiger partial charge in [-0.3, -0.25) is 9.59 Å². The van der Waals surface area contributed by atoms with E-state index in [9.17, 15) is 29.7 Å². The molecule has 3 rings (SSSR count). The first-order valence-corrected chi connectivity index (χ1v) is 16.1. The topological polar surface area (TPSA) is 177 Å². The molecule has 0 aromatic heterocycles. The van der Waals surface area contributed by atoms with E-state index >= 15 is 0 Å². The summed E-state index contributed by atoms with van der Waals surface area (Å²) in [6.45, 7) is 4.52. The quantitative estimate of drug-likeness (QED) is 0.132. The van der Waals surface area contributed by atoms with Crippen molar-refractivity contribution >= 4 is 17.9 Å². The van der Waals surface area contributed by atoms with Gasteiger partial charge in [0.05, 0.1) is 51.2 Å². The molecule has 4 bridgehead atoms. The average molecular weight is 657 g/mol. The Bertz CT molecular complexity index is 1070. The van der Waals surface area contributed by atoms with Crippen molar-refractivity contribution < 1.29 is 62.9 Å². The number of aliphatic hydroxyl groups excluding tert-OH is 2. The maximum Gasteiger partial charge on any atom is 0.330 e. The van der Waals surface area contributed by atoms with Crippen molar-refractivity contribution in [2.75, 3.05) is 27.4 Å². The number of esters is 3. The first-order chi connectivity index (χ1) is 21.8. The van der Waals surface area contributed by atoms with Crippen LogP contribution in [-0.4, -0.2) is 109 Å². The lowest BCUT2D eigenvalue weighted by molar-refractivity contribution is -0.283. The maximum atomic E-state index is 12.7. The molecule has 3 aliphatic heterocycles.